The average molecular weight is 280 g/mol. The van der Waals surface area contributed by atoms with Crippen LogP contribution in [0.3, 0.4) is 0 Å². The van der Waals surface area contributed by atoms with Gasteiger partial charge in [-0.3, -0.25) is 4.79 Å². The summed E-state index contributed by atoms with van der Waals surface area (Å²) in [5, 5.41) is 2.73. The number of carbonyl (C=O) groups is 1. The molecule has 6 heteroatoms. The molecule has 1 aromatic carbocycles. The monoisotopic (exact) mass is 279 g/mol. The zero-order valence-electron chi connectivity index (χ0n) is 9.76. The Labute approximate surface area is 114 Å². The van der Waals surface area contributed by atoms with Gasteiger partial charge in [0.2, 0.25) is 5.91 Å². The highest BCUT2D eigenvalue weighted by molar-refractivity contribution is 5.85. The number of likely N-dealkylation sites (N-methyl/N-ethyl adjacent to an activating group) is 1. The molecule has 98 valence electrons. The molecule has 0 bridgehead atoms. The third-order valence-corrected chi connectivity index (χ3v) is 2.15. The lowest BCUT2D eigenvalue weighted by atomic mass is 10.3. The first kappa shape index (κ1) is 18.4. The maximum Gasteiger partial charge on any atom is 0.233 e. The van der Waals surface area contributed by atoms with E-state index in [2.05, 4.69) is 10.2 Å². The zero-order chi connectivity index (χ0) is 11.1. The fourth-order valence-corrected chi connectivity index (χ4v) is 1.25. The number of halogens is 2. The molecule has 0 spiro atoms. The van der Waals surface area contributed by atoms with Crippen LogP contribution in [-0.4, -0.2) is 32.6 Å². The number of nitrogens with one attached hydrogen (secondary N) is 1. The maximum absolute atomic E-state index is 10.9. The van der Waals surface area contributed by atoms with E-state index in [1.165, 1.54) is 0 Å². The lowest BCUT2D eigenvalue weighted by molar-refractivity contribution is -0.119. The van der Waals surface area contributed by atoms with Gasteiger partial charge in [-0.05, 0) is 12.1 Å². The van der Waals surface area contributed by atoms with Crippen molar-refractivity contribution in [1.29, 1.82) is 0 Å². The largest absolute Gasteiger partial charge is 0.373 e. The summed E-state index contributed by atoms with van der Waals surface area (Å²) in [5.41, 5.74) is 6.31. The summed E-state index contributed by atoms with van der Waals surface area (Å²) in [6.07, 6.45) is 0. The van der Waals surface area contributed by atoms with Crippen molar-refractivity contribution in [1.82, 2.24) is 5.32 Å². The molecule has 0 heterocycles. The number of amides is 1. The lowest BCUT2D eigenvalue weighted by Gasteiger charge is -2.19. The van der Waals surface area contributed by atoms with Gasteiger partial charge in [0.25, 0.3) is 0 Å². The van der Waals surface area contributed by atoms with Crippen LogP contribution in [0, 0.1) is 0 Å². The first-order chi connectivity index (χ1) is 7.24. The summed E-state index contributed by atoms with van der Waals surface area (Å²) in [4.78, 5) is 13.0. The van der Waals surface area contributed by atoms with Crippen LogP contribution < -0.4 is 16.0 Å². The number of benzene rings is 1. The number of para-hydroxylation sites is 1. The number of carbonyl (C=O) groups excluding carboxylic acids is 1. The molecule has 0 aliphatic rings. The number of hydrogen-bond donors (Lipinski definition) is 2. The molecular formula is C11H19Cl2N3O. The van der Waals surface area contributed by atoms with Crippen LogP contribution in [0.5, 0.6) is 0 Å². The van der Waals surface area contributed by atoms with E-state index >= 15 is 0 Å². The number of hydrogen-bond acceptors (Lipinski definition) is 3. The summed E-state index contributed by atoms with van der Waals surface area (Å²) in [6, 6.07) is 10.0. The minimum absolute atomic E-state index is 0. The Morgan fingerprint density at radius 1 is 1.29 bits per heavy atom. The summed E-state index contributed by atoms with van der Waals surface area (Å²) in [5.74, 6) is -0.114. The highest BCUT2D eigenvalue weighted by atomic mass is 35.5. The third kappa shape index (κ3) is 7.05. The number of nitrogens with zero attached hydrogens (tertiary/aromatic N) is 1. The lowest BCUT2D eigenvalue weighted by Crippen LogP contribution is -2.36. The molecule has 3 N–H and O–H groups in total. The Morgan fingerprint density at radius 3 is 2.41 bits per heavy atom. The molecule has 0 aliphatic carbocycles. The fourth-order valence-electron chi connectivity index (χ4n) is 1.25. The van der Waals surface area contributed by atoms with Crippen molar-refractivity contribution in [2.45, 2.75) is 0 Å². The fraction of sp³-hybridized carbons (Fsp3) is 0.364. The van der Waals surface area contributed by atoms with Crippen molar-refractivity contribution in [3.63, 3.8) is 0 Å². The Balaban J connectivity index is 0. The van der Waals surface area contributed by atoms with Crippen molar-refractivity contribution in [2.75, 3.05) is 31.6 Å². The van der Waals surface area contributed by atoms with Crippen molar-refractivity contribution < 1.29 is 4.79 Å². The van der Waals surface area contributed by atoms with Crippen LogP contribution in [0.15, 0.2) is 30.3 Å². The predicted molar refractivity (Wildman–Crippen MR) is 76.3 cm³/mol. The van der Waals surface area contributed by atoms with Crippen molar-refractivity contribution in [3.05, 3.63) is 30.3 Å². The second-order valence-electron chi connectivity index (χ2n) is 3.31. The highest BCUT2D eigenvalue weighted by Crippen LogP contribution is 2.09. The van der Waals surface area contributed by atoms with Gasteiger partial charge in [0.1, 0.15) is 0 Å². The van der Waals surface area contributed by atoms with E-state index in [1.807, 2.05) is 37.4 Å². The van der Waals surface area contributed by atoms with Crippen LogP contribution in [0.2, 0.25) is 0 Å². The van der Waals surface area contributed by atoms with Crippen molar-refractivity contribution >= 4 is 36.4 Å². The minimum atomic E-state index is -0.114. The number of anilines is 1. The topological polar surface area (TPSA) is 58.4 Å². The predicted octanol–water partition coefficient (Wildman–Crippen LogP) is 1.04. The van der Waals surface area contributed by atoms with E-state index in [-0.39, 0.29) is 37.3 Å². The molecule has 1 aromatic rings. The van der Waals surface area contributed by atoms with Crippen molar-refractivity contribution in [2.24, 2.45) is 5.73 Å². The van der Waals surface area contributed by atoms with Gasteiger partial charge in [-0.1, -0.05) is 18.2 Å². The molecule has 17 heavy (non-hydrogen) atoms. The van der Waals surface area contributed by atoms with Crippen LogP contribution in [0.4, 0.5) is 5.69 Å². The Kier molecular flexibility index (Phi) is 11.0. The molecule has 0 aliphatic heterocycles. The molecule has 0 saturated carbocycles. The molecule has 0 unspecified atom stereocenters. The smallest absolute Gasteiger partial charge is 0.233 e. The van der Waals surface area contributed by atoms with Crippen LogP contribution in [0.25, 0.3) is 0 Å². The van der Waals surface area contributed by atoms with E-state index < -0.39 is 0 Å². The van der Waals surface area contributed by atoms with Gasteiger partial charge in [-0.15, -0.1) is 24.8 Å². The Morgan fingerprint density at radius 2 is 1.88 bits per heavy atom. The van der Waals surface area contributed by atoms with Gasteiger partial charge in [0.05, 0.1) is 6.54 Å². The second kappa shape index (κ2) is 10.2. The van der Waals surface area contributed by atoms with Gasteiger partial charge in [0, 0.05) is 25.8 Å². The minimum Gasteiger partial charge on any atom is -0.373 e. The summed E-state index contributed by atoms with van der Waals surface area (Å²) in [6.45, 7) is 1.44. The second-order valence-corrected chi connectivity index (χ2v) is 3.31. The molecule has 0 atom stereocenters. The molecule has 0 aromatic heterocycles. The first-order valence-electron chi connectivity index (χ1n) is 4.97. The maximum atomic E-state index is 10.9. The summed E-state index contributed by atoms with van der Waals surface area (Å²) < 4.78 is 0. The third-order valence-electron chi connectivity index (χ3n) is 2.15. The Hall–Kier alpha value is -0.970. The SMILES string of the molecule is CN(CCNC(=O)CN)c1ccccc1.Cl.Cl. The number of nitrogens with two attached hydrogens (primary N) is 1. The van der Waals surface area contributed by atoms with E-state index in [0.29, 0.717) is 6.54 Å². The van der Waals surface area contributed by atoms with Crippen LogP contribution >= 0.6 is 24.8 Å². The number of rotatable bonds is 5. The molecule has 1 rings (SSSR count). The van der Waals surface area contributed by atoms with Crippen LogP contribution in [0.1, 0.15) is 0 Å². The van der Waals surface area contributed by atoms with Gasteiger partial charge < -0.3 is 16.0 Å². The molecular weight excluding hydrogens is 261 g/mol. The molecule has 0 fully saturated rings. The van der Waals surface area contributed by atoms with E-state index in [4.69, 9.17) is 5.73 Å². The quantitative estimate of drug-likeness (QED) is 0.847. The molecule has 0 saturated heterocycles. The summed E-state index contributed by atoms with van der Waals surface area (Å²) in [7, 11) is 1.99. The van der Waals surface area contributed by atoms with E-state index in [0.717, 1.165) is 12.2 Å². The van der Waals surface area contributed by atoms with Crippen molar-refractivity contribution in [3.8, 4) is 0 Å². The molecule has 4 nitrogen and oxygen atoms in total. The first-order valence-corrected chi connectivity index (χ1v) is 4.97. The van der Waals surface area contributed by atoms with Gasteiger partial charge >= 0.3 is 0 Å². The normalized spacial score (nSPS) is 8.59. The van der Waals surface area contributed by atoms with E-state index in [1.54, 1.807) is 0 Å². The summed E-state index contributed by atoms with van der Waals surface area (Å²) >= 11 is 0. The zero-order valence-corrected chi connectivity index (χ0v) is 11.4. The highest BCUT2D eigenvalue weighted by Gasteiger charge is 2.00. The van der Waals surface area contributed by atoms with E-state index in [9.17, 15) is 4.79 Å². The van der Waals surface area contributed by atoms with Crippen LogP contribution in [-0.2, 0) is 4.79 Å². The standard InChI is InChI=1S/C11H17N3O.2ClH/c1-14(8-7-13-11(15)9-12)10-5-3-2-4-6-10;;/h2-6H,7-9,12H2,1H3,(H,13,15);2*1H. The molecule has 1 amide bonds. The van der Waals surface area contributed by atoms with Gasteiger partial charge in [0.15, 0.2) is 0 Å². The average Bonchev–Trinajstić information content (AvgIpc) is 2.29. The van der Waals surface area contributed by atoms with Gasteiger partial charge in [-0.2, -0.15) is 0 Å². The van der Waals surface area contributed by atoms with Gasteiger partial charge in [-0.25, -0.2) is 0 Å². The molecule has 0 radical (unpaired) electrons. The Bertz CT molecular complexity index is 309.